The molecule has 120 valence electrons. The van der Waals surface area contributed by atoms with E-state index in [0.717, 1.165) is 35.4 Å². The number of rotatable bonds is 7. The van der Waals surface area contributed by atoms with Crippen molar-refractivity contribution >= 4 is 16.8 Å². The average Bonchev–Trinajstić information content (AvgIpc) is 3.46. The fourth-order valence-corrected chi connectivity index (χ4v) is 3.35. The second-order valence-corrected chi connectivity index (χ2v) is 6.67. The minimum absolute atomic E-state index is 0.244. The van der Waals surface area contributed by atoms with Crippen molar-refractivity contribution < 1.29 is 9.53 Å². The van der Waals surface area contributed by atoms with Crippen LogP contribution in [0.2, 0.25) is 0 Å². The standard InChI is InChI=1S/C19H22N2O2/c22-19(16-12-15(16)13-7-8-13)21-10-3-11-23-17-6-1-4-14-5-2-9-20-18(14)17/h1-2,4-6,9,13,15-16H,3,7-8,10-12H2,(H,21,22). The fourth-order valence-electron chi connectivity index (χ4n) is 3.35. The van der Waals surface area contributed by atoms with E-state index in [0.29, 0.717) is 25.0 Å². The highest BCUT2D eigenvalue weighted by Crippen LogP contribution is 2.54. The summed E-state index contributed by atoms with van der Waals surface area (Å²) in [4.78, 5) is 16.4. The molecule has 2 fully saturated rings. The fraction of sp³-hybridized carbons (Fsp3) is 0.474. The van der Waals surface area contributed by atoms with E-state index in [4.69, 9.17) is 4.74 Å². The predicted octanol–water partition coefficient (Wildman–Crippen LogP) is 3.17. The molecule has 1 aromatic carbocycles. The van der Waals surface area contributed by atoms with Gasteiger partial charge in [-0.2, -0.15) is 0 Å². The highest BCUT2D eigenvalue weighted by atomic mass is 16.5. The Hall–Kier alpha value is -2.10. The number of fused-ring (bicyclic) bond motifs is 1. The van der Waals surface area contributed by atoms with Crippen LogP contribution in [0.15, 0.2) is 36.5 Å². The molecule has 1 heterocycles. The summed E-state index contributed by atoms with van der Waals surface area (Å²) in [7, 11) is 0. The van der Waals surface area contributed by atoms with Gasteiger partial charge in [0.25, 0.3) is 0 Å². The Balaban J connectivity index is 1.20. The third kappa shape index (κ3) is 3.31. The lowest BCUT2D eigenvalue weighted by molar-refractivity contribution is -0.122. The first kappa shape index (κ1) is 14.5. The van der Waals surface area contributed by atoms with Crippen LogP contribution in [0.5, 0.6) is 5.75 Å². The highest BCUT2D eigenvalue weighted by Gasteiger charge is 2.50. The summed E-state index contributed by atoms with van der Waals surface area (Å²) in [6.07, 6.45) is 6.37. The number of nitrogens with one attached hydrogen (secondary N) is 1. The summed E-state index contributed by atoms with van der Waals surface area (Å²) in [6.45, 7) is 1.28. The molecule has 23 heavy (non-hydrogen) atoms. The van der Waals surface area contributed by atoms with Gasteiger partial charge in [0, 0.05) is 24.0 Å². The minimum atomic E-state index is 0.244. The number of amides is 1. The van der Waals surface area contributed by atoms with Gasteiger partial charge in [0.05, 0.1) is 6.61 Å². The number of pyridine rings is 1. The van der Waals surface area contributed by atoms with Crippen molar-refractivity contribution in [2.24, 2.45) is 17.8 Å². The zero-order chi connectivity index (χ0) is 15.6. The van der Waals surface area contributed by atoms with E-state index >= 15 is 0 Å². The molecule has 0 radical (unpaired) electrons. The van der Waals surface area contributed by atoms with Crippen LogP contribution < -0.4 is 10.1 Å². The van der Waals surface area contributed by atoms with Crippen molar-refractivity contribution in [2.75, 3.05) is 13.2 Å². The Morgan fingerprint density at radius 2 is 2.13 bits per heavy atom. The summed E-state index contributed by atoms with van der Waals surface area (Å²) in [5.74, 6) is 2.89. The molecule has 2 atom stereocenters. The van der Waals surface area contributed by atoms with E-state index in [1.165, 1.54) is 12.8 Å². The number of carbonyl (C=O) groups is 1. The Morgan fingerprint density at radius 1 is 1.26 bits per heavy atom. The summed E-state index contributed by atoms with van der Waals surface area (Å²) >= 11 is 0. The van der Waals surface area contributed by atoms with Crippen molar-refractivity contribution in [3.05, 3.63) is 36.5 Å². The molecule has 2 aliphatic carbocycles. The molecule has 0 bridgehead atoms. The van der Waals surface area contributed by atoms with Crippen molar-refractivity contribution in [3.8, 4) is 5.75 Å². The lowest BCUT2D eigenvalue weighted by Gasteiger charge is -2.09. The number of benzene rings is 1. The topological polar surface area (TPSA) is 51.2 Å². The van der Waals surface area contributed by atoms with Gasteiger partial charge < -0.3 is 10.1 Å². The third-order valence-corrected chi connectivity index (χ3v) is 4.88. The molecule has 4 nitrogen and oxygen atoms in total. The summed E-state index contributed by atoms with van der Waals surface area (Å²) < 4.78 is 5.83. The summed E-state index contributed by atoms with van der Waals surface area (Å²) in [6, 6.07) is 9.90. The summed E-state index contributed by atoms with van der Waals surface area (Å²) in [5.41, 5.74) is 0.893. The molecule has 1 aromatic heterocycles. The molecule has 2 saturated carbocycles. The van der Waals surface area contributed by atoms with Gasteiger partial charge in [-0.05, 0) is 49.7 Å². The molecule has 2 aliphatic rings. The van der Waals surface area contributed by atoms with Crippen molar-refractivity contribution in [1.82, 2.24) is 10.3 Å². The Labute approximate surface area is 136 Å². The van der Waals surface area contributed by atoms with Crippen LogP contribution in [-0.2, 0) is 4.79 Å². The number of nitrogens with zero attached hydrogens (tertiary/aromatic N) is 1. The molecular formula is C19H22N2O2. The lowest BCUT2D eigenvalue weighted by Crippen LogP contribution is -2.27. The van der Waals surface area contributed by atoms with E-state index in [2.05, 4.69) is 10.3 Å². The minimum Gasteiger partial charge on any atom is -0.491 e. The Kier molecular flexibility index (Phi) is 3.90. The van der Waals surface area contributed by atoms with Gasteiger partial charge in [0.15, 0.2) is 0 Å². The van der Waals surface area contributed by atoms with Gasteiger partial charge in [-0.3, -0.25) is 9.78 Å². The number of para-hydroxylation sites is 1. The van der Waals surface area contributed by atoms with Crippen LogP contribution in [0.25, 0.3) is 10.9 Å². The van der Waals surface area contributed by atoms with Crippen molar-refractivity contribution in [2.45, 2.75) is 25.7 Å². The highest BCUT2D eigenvalue weighted by molar-refractivity contribution is 5.84. The van der Waals surface area contributed by atoms with Crippen LogP contribution >= 0.6 is 0 Å². The molecule has 1 amide bonds. The van der Waals surface area contributed by atoms with E-state index < -0.39 is 0 Å². The van der Waals surface area contributed by atoms with Crippen LogP contribution in [0.1, 0.15) is 25.7 Å². The molecule has 4 heteroatoms. The maximum atomic E-state index is 12.0. The van der Waals surface area contributed by atoms with Gasteiger partial charge in [-0.15, -0.1) is 0 Å². The molecule has 1 N–H and O–H groups in total. The first-order chi connectivity index (χ1) is 11.3. The van der Waals surface area contributed by atoms with Crippen molar-refractivity contribution in [3.63, 3.8) is 0 Å². The Morgan fingerprint density at radius 3 is 3.00 bits per heavy atom. The second-order valence-electron chi connectivity index (χ2n) is 6.67. The molecule has 2 unspecified atom stereocenters. The first-order valence-corrected chi connectivity index (χ1v) is 8.57. The lowest BCUT2D eigenvalue weighted by atomic mass is 10.2. The number of ether oxygens (including phenoxy) is 1. The maximum absolute atomic E-state index is 12.0. The monoisotopic (exact) mass is 310 g/mol. The van der Waals surface area contributed by atoms with Crippen molar-refractivity contribution in [1.29, 1.82) is 0 Å². The third-order valence-electron chi connectivity index (χ3n) is 4.88. The van der Waals surface area contributed by atoms with Crippen LogP contribution in [-0.4, -0.2) is 24.0 Å². The average molecular weight is 310 g/mol. The zero-order valence-electron chi connectivity index (χ0n) is 13.2. The normalized spacial score (nSPS) is 22.8. The second kappa shape index (κ2) is 6.19. The largest absolute Gasteiger partial charge is 0.491 e. The van der Waals surface area contributed by atoms with Gasteiger partial charge in [0.1, 0.15) is 11.3 Å². The van der Waals surface area contributed by atoms with Crippen LogP contribution in [0.3, 0.4) is 0 Å². The zero-order valence-corrected chi connectivity index (χ0v) is 13.2. The molecule has 4 rings (SSSR count). The SMILES string of the molecule is O=C(NCCCOc1cccc2cccnc12)C1CC1C1CC1. The maximum Gasteiger partial charge on any atom is 0.223 e. The molecule has 0 spiro atoms. The number of hydrogen-bond acceptors (Lipinski definition) is 3. The van der Waals surface area contributed by atoms with E-state index in [1.54, 1.807) is 6.20 Å². The Bertz CT molecular complexity index is 706. The first-order valence-electron chi connectivity index (χ1n) is 8.57. The number of hydrogen-bond donors (Lipinski definition) is 1. The van der Waals surface area contributed by atoms with Gasteiger partial charge in [0.2, 0.25) is 5.91 Å². The summed E-state index contributed by atoms with van der Waals surface area (Å²) in [5, 5.41) is 4.13. The molecule has 0 aliphatic heterocycles. The molecular weight excluding hydrogens is 288 g/mol. The predicted molar refractivity (Wildman–Crippen MR) is 89.2 cm³/mol. The van der Waals surface area contributed by atoms with Crippen LogP contribution in [0, 0.1) is 17.8 Å². The number of aromatic nitrogens is 1. The van der Waals surface area contributed by atoms with E-state index in [1.807, 2.05) is 30.3 Å². The smallest absolute Gasteiger partial charge is 0.223 e. The molecule has 2 aromatic rings. The number of carbonyl (C=O) groups excluding carboxylic acids is 1. The quantitative estimate of drug-likeness (QED) is 0.799. The van der Waals surface area contributed by atoms with Gasteiger partial charge >= 0.3 is 0 Å². The van der Waals surface area contributed by atoms with Crippen LogP contribution in [0.4, 0.5) is 0 Å². The molecule has 0 saturated heterocycles. The van der Waals surface area contributed by atoms with E-state index in [9.17, 15) is 4.79 Å². The van der Waals surface area contributed by atoms with Gasteiger partial charge in [-0.1, -0.05) is 18.2 Å². The van der Waals surface area contributed by atoms with Gasteiger partial charge in [-0.25, -0.2) is 0 Å². The van der Waals surface area contributed by atoms with E-state index in [-0.39, 0.29) is 5.91 Å².